The molecule has 0 aliphatic carbocycles. The predicted octanol–water partition coefficient (Wildman–Crippen LogP) is 2.81. The van der Waals surface area contributed by atoms with Gasteiger partial charge in [-0.3, -0.25) is 5.32 Å². The van der Waals surface area contributed by atoms with E-state index in [0.717, 1.165) is 24.3 Å². The van der Waals surface area contributed by atoms with E-state index in [1.165, 1.54) is 20.0 Å². The summed E-state index contributed by atoms with van der Waals surface area (Å²) in [5.41, 5.74) is 1.73. The highest BCUT2D eigenvalue weighted by Crippen LogP contribution is 2.18. The number of methoxy groups -OCH3 is 1. The van der Waals surface area contributed by atoms with Crippen LogP contribution in [-0.4, -0.2) is 31.8 Å². The Kier molecular flexibility index (Phi) is 5.24. The molecular weight excluding hydrogens is 254 g/mol. The molecule has 2 rings (SSSR count). The van der Waals surface area contributed by atoms with Crippen LogP contribution in [0.5, 0.6) is 0 Å². The van der Waals surface area contributed by atoms with Crippen molar-refractivity contribution in [2.45, 2.75) is 38.3 Å². The first-order valence-corrected chi connectivity index (χ1v) is 7.12. The van der Waals surface area contributed by atoms with Gasteiger partial charge < -0.3 is 15.4 Å². The number of ether oxygens (including phenoxy) is 1. The summed E-state index contributed by atoms with van der Waals surface area (Å²) in [5, 5.41) is 9.64. The number of rotatable bonds is 5. The van der Waals surface area contributed by atoms with Crippen molar-refractivity contribution in [1.29, 1.82) is 0 Å². The molecular formula is C15H23N3O2. The van der Waals surface area contributed by atoms with Crippen LogP contribution in [-0.2, 0) is 4.74 Å². The summed E-state index contributed by atoms with van der Waals surface area (Å²) in [4.78, 5) is 11.2. The Morgan fingerprint density at radius 3 is 3.00 bits per heavy atom. The highest BCUT2D eigenvalue weighted by Gasteiger charge is 2.16. The minimum atomic E-state index is -0.453. The smallest absolute Gasteiger partial charge is 0.411 e. The van der Waals surface area contributed by atoms with Crippen molar-refractivity contribution in [3.63, 3.8) is 0 Å². The van der Waals surface area contributed by atoms with Gasteiger partial charge >= 0.3 is 6.09 Å². The van der Waals surface area contributed by atoms with Crippen molar-refractivity contribution in [3.05, 3.63) is 24.3 Å². The van der Waals surface area contributed by atoms with Crippen LogP contribution in [0.4, 0.5) is 16.2 Å². The molecule has 1 aromatic rings. The molecule has 0 saturated carbocycles. The minimum Gasteiger partial charge on any atom is -0.453 e. The Morgan fingerprint density at radius 1 is 1.50 bits per heavy atom. The summed E-state index contributed by atoms with van der Waals surface area (Å²) in [6.45, 7) is 3.32. The molecule has 1 amide bonds. The number of benzene rings is 1. The van der Waals surface area contributed by atoms with Gasteiger partial charge in [0.25, 0.3) is 0 Å². The predicted molar refractivity (Wildman–Crippen MR) is 81.2 cm³/mol. The topological polar surface area (TPSA) is 62.4 Å². The first-order valence-electron chi connectivity index (χ1n) is 7.12. The number of carbonyl (C=O) groups is 1. The van der Waals surface area contributed by atoms with Crippen LogP contribution in [0, 0.1) is 0 Å². The number of nitrogens with one attached hydrogen (secondary N) is 3. The third kappa shape index (κ3) is 4.42. The molecule has 1 fully saturated rings. The maximum absolute atomic E-state index is 11.2. The quantitative estimate of drug-likeness (QED) is 0.774. The van der Waals surface area contributed by atoms with E-state index < -0.39 is 6.09 Å². The number of hydrogen-bond donors (Lipinski definition) is 3. The summed E-state index contributed by atoms with van der Waals surface area (Å²) >= 11 is 0. The first-order chi connectivity index (χ1) is 9.67. The number of anilines is 2. The fourth-order valence-electron chi connectivity index (χ4n) is 2.58. The second-order valence-corrected chi connectivity index (χ2v) is 5.27. The Balaban J connectivity index is 1.88. The van der Waals surface area contributed by atoms with Crippen LogP contribution in [0.2, 0.25) is 0 Å². The van der Waals surface area contributed by atoms with Crippen molar-refractivity contribution in [3.8, 4) is 0 Å². The van der Waals surface area contributed by atoms with Gasteiger partial charge in [-0.1, -0.05) is 6.07 Å². The zero-order chi connectivity index (χ0) is 14.4. The molecule has 3 N–H and O–H groups in total. The third-order valence-corrected chi connectivity index (χ3v) is 3.51. The van der Waals surface area contributed by atoms with Gasteiger partial charge in [-0.15, -0.1) is 0 Å². The van der Waals surface area contributed by atoms with Crippen molar-refractivity contribution < 1.29 is 9.53 Å². The normalized spacial score (nSPS) is 19.4. The first kappa shape index (κ1) is 14.7. The Labute approximate surface area is 120 Å². The van der Waals surface area contributed by atoms with E-state index in [1.807, 2.05) is 24.3 Å². The molecule has 110 valence electrons. The summed E-state index contributed by atoms with van der Waals surface area (Å²) < 4.78 is 4.59. The zero-order valence-electron chi connectivity index (χ0n) is 12.1. The monoisotopic (exact) mass is 277 g/mol. The number of amides is 1. The highest BCUT2D eigenvalue weighted by atomic mass is 16.5. The molecule has 0 spiro atoms. The number of carbonyl (C=O) groups excluding carboxylic acids is 1. The van der Waals surface area contributed by atoms with E-state index in [9.17, 15) is 4.79 Å². The third-order valence-electron chi connectivity index (χ3n) is 3.51. The van der Waals surface area contributed by atoms with Crippen LogP contribution in [0.1, 0.15) is 26.2 Å². The summed E-state index contributed by atoms with van der Waals surface area (Å²) in [5.74, 6) is 0. The molecule has 1 aliphatic rings. The van der Waals surface area contributed by atoms with E-state index in [0.29, 0.717) is 12.1 Å². The Bertz CT molecular complexity index is 444. The van der Waals surface area contributed by atoms with Crippen molar-refractivity contribution in [2.75, 3.05) is 24.3 Å². The second-order valence-electron chi connectivity index (χ2n) is 5.27. The zero-order valence-corrected chi connectivity index (χ0v) is 12.1. The number of hydrogen-bond acceptors (Lipinski definition) is 4. The maximum atomic E-state index is 11.2. The molecule has 1 aromatic carbocycles. The molecule has 0 aromatic heterocycles. The molecule has 0 radical (unpaired) electrons. The van der Waals surface area contributed by atoms with Gasteiger partial charge in [-0.05, 0) is 50.9 Å². The fraction of sp³-hybridized carbons (Fsp3) is 0.533. The van der Waals surface area contributed by atoms with Crippen LogP contribution < -0.4 is 16.0 Å². The second kappa shape index (κ2) is 7.14. The summed E-state index contributed by atoms with van der Waals surface area (Å²) in [6, 6.07) is 8.67. The van der Waals surface area contributed by atoms with Gasteiger partial charge in [0.2, 0.25) is 0 Å². The fourth-order valence-corrected chi connectivity index (χ4v) is 2.58. The van der Waals surface area contributed by atoms with Crippen LogP contribution in [0.15, 0.2) is 24.3 Å². The van der Waals surface area contributed by atoms with Crippen LogP contribution in [0.25, 0.3) is 0 Å². The highest BCUT2D eigenvalue weighted by molar-refractivity contribution is 5.85. The van der Waals surface area contributed by atoms with Gasteiger partial charge in [-0.25, -0.2) is 4.79 Å². The Morgan fingerprint density at radius 2 is 2.30 bits per heavy atom. The van der Waals surface area contributed by atoms with Gasteiger partial charge in [0, 0.05) is 23.5 Å². The van der Waals surface area contributed by atoms with Crippen LogP contribution >= 0.6 is 0 Å². The van der Waals surface area contributed by atoms with Gasteiger partial charge in [0.05, 0.1) is 7.11 Å². The standard InChI is InChI=1S/C15H23N3O2/c1-11(9-12-7-4-8-16-12)17-13-5-3-6-14(10-13)18-15(19)20-2/h3,5-6,10-12,16-17H,4,7-9H2,1-2H3,(H,18,19). The lowest BCUT2D eigenvalue weighted by Crippen LogP contribution is -2.29. The average Bonchev–Trinajstić information content (AvgIpc) is 2.91. The molecule has 5 nitrogen and oxygen atoms in total. The van der Waals surface area contributed by atoms with E-state index in [4.69, 9.17) is 0 Å². The molecule has 20 heavy (non-hydrogen) atoms. The molecule has 5 heteroatoms. The maximum Gasteiger partial charge on any atom is 0.411 e. The van der Waals surface area contributed by atoms with E-state index in [-0.39, 0.29) is 0 Å². The largest absolute Gasteiger partial charge is 0.453 e. The summed E-state index contributed by atoms with van der Waals surface area (Å²) in [6.07, 6.45) is 3.19. The minimum absolute atomic E-state index is 0.388. The molecule has 1 heterocycles. The molecule has 1 aliphatic heterocycles. The van der Waals surface area contributed by atoms with Gasteiger partial charge in [-0.2, -0.15) is 0 Å². The average molecular weight is 277 g/mol. The lowest BCUT2D eigenvalue weighted by molar-refractivity contribution is 0.187. The lowest BCUT2D eigenvalue weighted by atomic mass is 10.1. The molecule has 1 saturated heterocycles. The summed E-state index contributed by atoms with van der Waals surface area (Å²) in [7, 11) is 1.36. The van der Waals surface area contributed by atoms with Crippen LogP contribution in [0.3, 0.4) is 0 Å². The van der Waals surface area contributed by atoms with Crippen molar-refractivity contribution in [1.82, 2.24) is 5.32 Å². The lowest BCUT2D eigenvalue weighted by Gasteiger charge is -2.19. The van der Waals surface area contributed by atoms with E-state index >= 15 is 0 Å². The van der Waals surface area contributed by atoms with Gasteiger partial charge in [0.1, 0.15) is 0 Å². The van der Waals surface area contributed by atoms with Gasteiger partial charge in [0.15, 0.2) is 0 Å². The molecule has 2 unspecified atom stereocenters. The van der Waals surface area contributed by atoms with Crippen molar-refractivity contribution >= 4 is 17.5 Å². The Hall–Kier alpha value is -1.75. The van der Waals surface area contributed by atoms with Crippen molar-refractivity contribution in [2.24, 2.45) is 0 Å². The molecule has 2 atom stereocenters. The SMILES string of the molecule is COC(=O)Nc1cccc(NC(C)CC2CCCN2)c1. The van der Waals surface area contributed by atoms with E-state index in [1.54, 1.807) is 0 Å². The molecule has 0 bridgehead atoms. The van der Waals surface area contributed by atoms with E-state index in [2.05, 4.69) is 27.6 Å².